The number of esters is 2. The highest BCUT2D eigenvalue weighted by Gasteiger charge is 2.11. The van der Waals surface area contributed by atoms with Crippen molar-refractivity contribution in [1.29, 1.82) is 0 Å². The third-order valence-corrected chi connectivity index (χ3v) is 2.84. The van der Waals surface area contributed by atoms with Gasteiger partial charge in [0.2, 0.25) is 0 Å². The number of H-pyrrole nitrogens is 1. The minimum atomic E-state index is -0.379. The maximum atomic E-state index is 11.6. The summed E-state index contributed by atoms with van der Waals surface area (Å²) in [7, 11) is 0. The van der Waals surface area contributed by atoms with Gasteiger partial charge in [-0.2, -0.15) is 0 Å². The van der Waals surface area contributed by atoms with Gasteiger partial charge in [-0.25, -0.2) is 4.79 Å². The summed E-state index contributed by atoms with van der Waals surface area (Å²) in [6, 6.07) is 7.29. The van der Waals surface area contributed by atoms with Crippen LogP contribution in [0.5, 0.6) is 0 Å². The molecule has 2 rings (SSSR count). The first kappa shape index (κ1) is 14.1. The SMILES string of the molecule is CCOC(=O)Cc1ccc2cc(C(=O)OCC)[nH]c2c1. The van der Waals surface area contributed by atoms with Gasteiger partial charge < -0.3 is 14.5 Å². The summed E-state index contributed by atoms with van der Waals surface area (Å²) in [5, 5.41) is 0.903. The van der Waals surface area contributed by atoms with Gasteiger partial charge >= 0.3 is 11.9 Å². The molecule has 0 radical (unpaired) electrons. The number of nitrogens with one attached hydrogen (secondary N) is 1. The molecule has 1 aromatic carbocycles. The van der Waals surface area contributed by atoms with Gasteiger partial charge in [0.1, 0.15) is 5.69 Å². The Hall–Kier alpha value is -2.30. The molecule has 1 aromatic heterocycles. The highest BCUT2D eigenvalue weighted by Crippen LogP contribution is 2.18. The predicted molar refractivity (Wildman–Crippen MR) is 74.6 cm³/mol. The Kier molecular flexibility index (Phi) is 4.40. The number of ether oxygens (including phenoxy) is 2. The van der Waals surface area contributed by atoms with Crippen molar-refractivity contribution >= 4 is 22.8 Å². The number of hydrogen-bond acceptors (Lipinski definition) is 4. The van der Waals surface area contributed by atoms with Crippen LogP contribution in [0.3, 0.4) is 0 Å². The van der Waals surface area contributed by atoms with Crippen LogP contribution in [0.25, 0.3) is 10.9 Å². The molecule has 5 nitrogen and oxygen atoms in total. The lowest BCUT2D eigenvalue weighted by Gasteiger charge is -2.02. The fourth-order valence-corrected chi connectivity index (χ4v) is 1.98. The molecule has 20 heavy (non-hydrogen) atoms. The number of hydrogen-bond donors (Lipinski definition) is 1. The first-order valence-electron chi connectivity index (χ1n) is 6.58. The van der Waals surface area contributed by atoms with E-state index in [2.05, 4.69) is 4.98 Å². The molecule has 0 spiro atoms. The van der Waals surface area contributed by atoms with E-state index in [4.69, 9.17) is 9.47 Å². The van der Waals surface area contributed by atoms with Gasteiger partial charge in [0.05, 0.1) is 19.6 Å². The molecule has 0 unspecified atom stereocenters. The van der Waals surface area contributed by atoms with Crippen molar-refractivity contribution in [3.05, 3.63) is 35.5 Å². The molecule has 0 saturated carbocycles. The second kappa shape index (κ2) is 6.23. The smallest absolute Gasteiger partial charge is 0.354 e. The molecule has 106 valence electrons. The van der Waals surface area contributed by atoms with Crippen LogP contribution < -0.4 is 0 Å². The molecular formula is C15H17NO4. The first-order chi connectivity index (χ1) is 9.63. The van der Waals surface area contributed by atoms with Crippen molar-refractivity contribution in [3.63, 3.8) is 0 Å². The maximum Gasteiger partial charge on any atom is 0.354 e. The van der Waals surface area contributed by atoms with Crippen LogP contribution in [0.15, 0.2) is 24.3 Å². The molecule has 0 aliphatic heterocycles. The van der Waals surface area contributed by atoms with Crippen LogP contribution in [0.4, 0.5) is 0 Å². The Labute approximate surface area is 116 Å². The molecule has 1 heterocycles. The van der Waals surface area contributed by atoms with E-state index in [1.807, 2.05) is 18.2 Å². The van der Waals surface area contributed by atoms with Crippen molar-refractivity contribution in [2.24, 2.45) is 0 Å². The predicted octanol–water partition coefficient (Wildman–Crippen LogP) is 2.45. The second-order valence-electron chi connectivity index (χ2n) is 4.31. The normalized spacial score (nSPS) is 10.5. The van der Waals surface area contributed by atoms with Crippen molar-refractivity contribution in [1.82, 2.24) is 4.98 Å². The van der Waals surface area contributed by atoms with Gasteiger partial charge in [-0.1, -0.05) is 12.1 Å². The van der Waals surface area contributed by atoms with E-state index in [9.17, 15) is 9.59 Å². The van der Waals surface area contributed by atoms with Gasteiger partial charge in [0.15, 0.2) is 0 Å². The highest BCUT2D eigenvalue weighted by atomic mass is 16.5. The molecular weight excluding hydrogens is 258 g/mol. The Balaban J connectivity index is 2.21. The average molecular weight is 275 g/mol. The van der Waals surface area contributed by atoms with Crippen LogP contribution in [0, 0.1) is 0 Å². The monoisotopic (exact) mass is 275 g/mol. The van der Waals surface area contributed by atoms with Crippen molar-refractivity contribution in [2.45, 2.75) is 20.3 Å². The number of carbonyl (C=O) groups is 2. The number of aromatic amines is 1. The zero-order chi connectivity index (χ0) is 14.5. The Morgan fingerprint density at radius 2 is 1.85 bits per heavy atom. The Morgan fingerprint density at radius 3 is 2.55 bits per heavy atom. The number of aromatic nitrogens is 1. The van der Waals surface area contributed by atoms with Crippen molar-refractivity contribution in [2.75, 3.05) is 13.2 Å². The molecule has 0 aliphatic carbocycles. The molecule has 2 aromatic rings. The van der Waals surface area contributed by atoms with Crippen LogP contribution in [0.2, 0.25) is 0 Å². The number of benzene rings is 1. The summed E-state index contributed by atoms with van der Waals surface area (Å²) in [6.45, 7) is 4.24. The number of fused-ring (bicyclic) bond motifs is 1. The third kappa shape index (κ3) is 3.17. The van der Waals surface area contributed by atoms with E-state index in [1.54, 1.807) is 19.9 Å². The van der Waals surface area contributed by atoms with Gasteiger partial charge in [-0.05, 0) is 31.5 Å². The summed E-state index contributed by atoms with van der Waals surface area (Å²) in [6.07, 6.45) is 0.220. The molecule has 0 saturated heterocycles. The molecule has 0 bridgehead atoms. The summed E-state index contributed by atoms with van der Waals surface area (Å²) < 4.78 is 9.85. The standard InChI is InChI=1S/C15H17NO4/c1-3-19-14(17)8-10-5-6-11-9-13(15(18)20-4-2)16-12(11)7-10/h5-7,9,16H,3-4,8H2,1-2H3. The summed E-state index contributed by atoms with van der Waals surface area (Å²) in [4.78, 5) is 26.1. The van der Waals surface area contributed by atoms with E-state index in [-0.39, 0.29) is 18.4 Å². The van der Waals surface area contributed by atoms with Crippen LogP contribution in [0.1, 0.15) is 29.9 Å². The van der Waals surface area contributed by atoms with E-state index in [1.165, 1.54) is 0 Å². The zero-order valence-corrected chi connectivity index (χ0v) is 11.6. The molecule has 5 heteroatoms. The summed E-state index contributed by atoms with van der Waals surface area (Å²) in [5.74, 6) is -0.639. The first-order valence-corrected chi connectivity index (χ1v) is 6.58. The van der Waals surface area contributed by atoms with Gasteiger partial charge in [-0.15, -0.1) is 0 Å². The minimum absolute atomic E-state index is 0.220. The van der Waals surface area contributed by atoms with Crippen LogP contribution >= 0.6 is 0 Å². The highest BCUT2D eigenvalue weighted by molar-refractivity contribution is 5.95. The zero-order valence-electron chi connectivity index (χ0n) is 11.6. The molecule has 1 N–H and O–H groups in total. The lowest BCUT2D eigenvalue weighted by atomic mass is 10.1. The average Bonchev–Trinajstić information content (AvgIpc) is 2.82. The lowest BCUT2D eigenvalue weighted by molar-refractivity contribution is -0.142. The lowest BCUT2D eigenvalue weighted by Crippen LogP contribution is -2.07. The molecule has 0 aliphatic rings. The van der Waals surface area contributed by atoms with E-state index >= 15 is 0 Å². The minimum Gasteiger partial charge on any atom is -0.466 e. The van der Waals surface area contributed by atoms with Crippen molar-refractivity contribution < 1.29 is 19.1 Å². The number of carbonyl (C=O) groups excluding carboxylic acids is 2. The fraction of sp³-hybridized carbons (Fsp3) is 0.333. The Bertz CT molecular complexity index is 630. The fourth-order valence-electron chi connectivity index (χ4n) is 1.98. The van der Waals surface area contributed by atoms with E-state index < -0.39 is 0 Å². The van der Waals surface area contributed by atoms with E-state index in [0.29, 0.717) is 18.9 Å². The van der Waals surface area contributed by atoms with Crippen LogP contribution in [-0.4, -0.2) is 30.1 Å². The summed E-state index contributed by atoms with van der Waals surface area (Å²) in [5.41, 5.74) is 2.05. The molecule has 0 fully saturated rings. The molecule has 0 amide bonds. The molecule has 0 atom stereocenters. The quantitative estimate of drug-likeness (QED) is 0.851. The van der Waals surface area contributed by atoms with Gasteiger partial charge in [0.25, 0.3) is 0 Å². The van der Waals surface area contributed by atoms with Crippen LogP contribution in [-0.2, 0) is 20.7 Å². The maximum absolute atomic E-state index is 11.6. The third-order valence-electron chi connectivity index (χ3n) is 2.84. The second-order valence-corrected chi connectivity index (χ2v) is 4.31. The summed E-state index contributed by atoms with van der Waals surface area (Å²) >= 11 is 0. The largest absolute Gasteiger partial charge is 0.466 e. The topological polar surface area (TPSA) is 68.4 Å². The van der Waals surface area contributed by atoms with Gasteiger partial charge in [0, 0.05) is 10.9 Å². The van der Waals surface area contributed by atoms with Crippen molar-refractivity contribution in [3.8, 4) is 0 Å². The van der Waals surface area contributed by atoms with E-state index in [0.717, 1.165) is 16.5 Å². The number of rotatable bonds is 5. The Morgan fingerprint density at radius 1 is 1.10 bits per heavy atom. The van der Waals surface area contributed by atoms with Gasteiger partial charge in [-0.3, -0.25) is 4.79 Å².